The van der Waals surface area contributed by atoms with Crippen molar-refractivity contribution in [3.63, 3.8) is 0 Å². The second kappa shape index (κ2) is 5.09. The van der Waals surface area contributed by atoms with Crippen molar-refractivity contribution in [3.05, 3.63) is 29.8 Å². The first-order valence-corrected chi connectivity index (χ1v) is 6.00. The van der Waals surface area contributed by atoms with Gasteiger partial charge in [-0.1, -0.05) is 17.3 Å². The third-order valence-electron chi connectivity index (χ3n) is 1.95. The van der Waals surface area contributed by atoms with Crippen LogP contribution in [-0.4, -0.2) is 25.1 Å². The predicted octanol–water partition coefficient (Wildman–Crippen LogP) is 1.85. The first-order chi connectivity index (χ1) is 7.86. The van der Waals surface area contributed by atoms with E-state index in [0.717, 1.165) is 0 Å². The first kappa shape index (κ1) is 13.4. The molecule has 94 valence electrons. The summed E-state index contributed by atoms with van der Waals surface area (Å²) in [5.74, 6) is -3.48. The number of nitrogens with one attached hydrogen (secondary N) is 1. The fraction of sp³-hybridized carbons (Fsp3) is 0.222. The molecule has 1 aromatic carbocycles. The fourth-order valence-electron chi connectivity index (χ4n) is 1.05. The molecule has 0 fully saturated rings. The average molecular weight is 264 g/mol. The molecule has 8 heteroatoms. The highest BCUT2D eigenvalue weighted by Crippen LogP contribution is 2.15. The molecule has 0 radical (unpaired) electrons. The summed E-state index contributed by atoms with van der Waals surface area (Å²) in [6, 6.07) is 5.48. The number of oxime groups is 1. The number of benzene rings is 1. The number of sulfonamides is 1. The van der Waals surface area contributed by atoms with Gasteiger partial charge in [-0.2, -0.15) is 8.78 Å². The van der Waals surface area contributed by atoms with E-state index < -0.39 is 15.8 Å². The molecule has 0 unspecified atom stereocenters. The Morgan fingerprint density at radius 2 is 1.88 bits per heavy atom. The van der Waals surface area contributed by atoms with E-state index in [-0.39, 0.29) is 5.69 Å². The summed E-state index contributed by atoms with van der Waals surface area (Å²) in [7, 11) is -4.65. The molecular formula is C9H10F2N2O3S. The summed E-state index contributed by atoms with van der Waals surface area (Å²) in [6.45, 7) is 1.54. The molecule has 17 heavy (non-hydrogen) atoms. The zero-order valence-corrected chi connectivity index (χ0v) is 9.58. The summed E-state index contributed by atoms with van der Waals surface area (Å²) in [5, 5.41) is 11.4. The van der Waals surface area contributed by atoms with Crippen molar-refractivity contribution >= 4 is 21.4 Å². The summed E-state index contributed by atoms with van der Waals surface area (Å²) in [5.41, 5.74) is 0.889. The van der Waals surface area contributed by atoms with E-state index in [1.165, 1.54) is 24.3 Å². The molecule has 0 amide bonds. The van der Waals surface area contributed by atoms with Crippen molar-refractivity contribution in [3.8, 4) is 0 Å². The van der Waals surface area contributed by atoms with Crippen molar-refractivity contribution in [1.29, 1.82) is 0 Å². The van der Waals surface area contributed by atoms with Crippen LogP contribution in [0, 0.1) is 0 Å². The van der Waals surface area contributed by atoms with Gasteiger partial charge in [-0.05, 0) is 24.6 Å². The Bertz CT molecular complexity index is 512. The van der Waals surface area contributed by atoms with Crippen LogP contribution in [0.3, 0.4) is 0 Å². The maximum Gasteiger partial charge on any atom is 0.355 e. The molecule has 0 bridgehead atoms. The minimum Gasteiger partial charge on any atom is -0.411 e. The number of nitrogens with zero attached hydrogens (tertiary/aromatic N) is 1. The Labute approximate surface area is 96.8 Å². The highest BCUT2D eigenvalue weighted by atomic mass is 32.2. The first-order valence-electron chi connectivity index (χ1n) is 4.45. The van der Waals surface area contributed by atoms with Crippen LogP contribution in [0.5, 0.6) is 0 Å². The molecule has 0 aliphatic heterocycles. The Balaban J connectivity index is 2.90. The Kier molecular flexibility index (Phi) is 4.00. The molecule has 1 rings (SSSR count). The molecule has 0 spiro atoms. The SMILES string of the molecule is C/C(=N\O)c1ccc(NS(=O)(=O)C(F)F)cc1. The molecule has 1 aromatic rings. The zero-order valence-electron chi connectivity index (χ0n) is 8.76. The van der Waals surface area contributed by atoms with Crippen LogP contribution in [0.2, 0.25) is 0 Å². The molecule has 0 saturated carbocycles. The highest BCUT2D eigenvalue weighted by Gasteiger charge is 2.23. The van der Waals surface area contributed by atoms with Crippen LogP contribution >= 0.6 is 0 Å². The lowest BCUT2D eigenvalue weighted by atomic mass is 10.1. The van der Waals surface area contributed by atoms with Crippen molar-refractivity contribution < 1.29 is 22.4 Å². The van der Waals surface area contributed by atoms with Crippen molar-refractivity contribution in [2.45, 2.75) is 12.7 Å². The van der Waals surface area contributed by atoms with Gasteiger partial charge in [-0.25, -0.2) is 8.42 Å². The van der Waals surface area contributed by atoms with E-state index in [1.807, 2.05) is 0 Å². The maximum absolute atomic E-state index is 12.1. The van der Waals surface area contributed by atoms with Crippen molar-refractivity contribution in [2.75, 3.05) is 4.72 Å². The van der Waals surface area contributed by atoms with Gasteiger partial charge < -0.3 is 5.21 Å². The Morgan fingerprint density at radius 3 is 2.29 bits per heavy atom. The number of halogens is 2. The van der Waals surface area contributed by atoms with Gasteiger partial charge >= 0.3 is 5.76 Å². The average Bonchev–Trinajstić information content (AvgIpc) is 2.28. The van der Waals surface area contributed by atoms with Crippen LogP contribution in [0.25, 0.3) is 0 Å². The van der Waals surface area contributed by atoms with E-state index in [0.29, 0.717) is 11.3 Å². The van der Waals surface area contributed by atoms with Crippen LogP contribution in [0.4, 0.5) is 14.5 Å². The van der Waals surface area contributed by atoms with E-state index in [1.54, 1.807) is 11.6 Å². The van der Waals surface area contributed by atoms with Crippen molar-refractivity contribution in [1.82, 2.24) is 0 Å². The molecular weight excluding hydrogens is 254 g/mol. The van der Waals surface area contributed by atoms with E-state index >= 15 is 0 Å². The van der Waals surface area contributed by atoms with Crippen LogP contribution in [0.15, 0.2) is 29.4 Å². The van der Waals surface area contributed by atoms with Gasteiger partial charge in [-0.15, -0.1) is 0 Å². The van der Waals surface area contributed by atoms with Gasteiger partial charge in [0.1, 0.15) is 0 Å². The fourth-order valence-corrected chi connectivity index (χ4v) is 1.60. The lowest BCUT2D eigenvalue weighted by molar-refractivity contribution is 0.236. The van der Waals surface area contributed by atoms with Gasteiger partial charge in [0.25, 0.3) is 10.0 Å². The molecule has 0 heterocycles. The maximum atomic E-state index is 12.1. The number of rotatable bonds is 4. The lowest BCUT2D eigenvalue weighted by Gasteiger charge is -2.07. The predicted molar refractivity (Wildman–Crippen MR) is 59.0 cm³/mol. The summed E-state index contributed by atoms with van der Waals surface area (Å²) in [6.07, 6.45) is 0. The second-order valence-corrected chi connectivity index (χ2v) is 4.82. The minimum atomic E-state index is -4.65. The normalized spacial score (nSPS) is 12.8. The third-order valence-corrected chi connectivity index (χ3v) is 2.94. The van der Waals surface area contributed by atoms with Gasteiger partial charge in [-0.3, -0.25) is 4.72 Å². The topological polar surface area (TPSA) is 78.8 Å². The molecule has 0 saturated heterocycles. The van der Waals surface area contributed by atoms with Gasteiger partial charge in [0, 0.05) is 5.69 Å². The van der Waals surface area contributed by atoms with Crippen LogP contribution in [-0.2, 0) is 10.0 Å². The van der Waals surface area contributed by atoms with E-state index in [2.05, 4.69) is 5.16 Å². The zero-order chi connectivity index (χ0) is 13.1. The van der Waals surface area contributed by atoms with E-state index in [9.17, 15) is 17.2 Å². The number of anilines is 1. The molecule has 0 aromatic heterocycles. The molecule has 0 aliphatic rings. The Hall–Kier alpha value is -1.70. The van der Waals surface area contributed by atoms with Gasteiger partial charge in [0.05, 0.1) is 5.71 Å². The third kappa shape index (κ3) is 3.38. The molecule has 5 nitrogen and oxygen atoms in total. The smallest absolute Gasteiger partial charge is 0.355 e. The largest absolute Gasteiger partial charge is 0.411 e. The summed E-state index contributed by atoms with van der Waals surface area (Å²) >= 11 is 0. The number of hydrogen-bond donors (Lipinski definition) is 2. The minimum absolute atomic E-state index is 0.0137. The Morgan fingerprint density at radius 1 is 1.35 bits per heavy atom. The quantitative estimate of drug-likeness (QED) is 0.495. The van der Waals surface area contributed by atoms with Crippen molar-refractivity contribution in [2.24, 2.45) is 5.16 Å². The lowest BCUT2D eigenvalue weighted by Crippen LogP contribution is -2.20. The van der Waals surface area contributed by atoms with Gasteiger partial charge in [0.2, 0.25) is 0 Å². The van der Waals surface area contributed by atoms with E-state index in [4.69, 9.17) is 5.21 Å². The number of hydrogen-bond acceptors (Lipinski definition) is 4. The molecule has 0 aliphatic carbocycles. The number of alkyl halides is 2. The van der Waals surface area contributed by atoms with Crippen LogP contribution in [0.1, 0.15) is 12.5 Å². The summed E-state index contributed by atoms with van der Waals surface area (Å²) in [4.78, 5) is 0. The molecule has 0 atom stereocenters. The monoisotopic (exact) mass is 264 g/mol. The summed E-state index contributed by atoms with van der Waals surface area (Å²) < 4.78 is 47.5. The highest BCUT2D eigenvalue weighted by molar-refractivity contribution is 7.93. The van der Waals surface area contributed by atoms with Gasteiger partial charge in [0.15, 0.2) is 0 Å². The standard InChI is InChI=1S/C9H10F2N2O3S/c1-6(12-14)7-2-4-8(5-3-7)13-17(15,16)9(10)11/h2-5,9,13-14H,1H3/b12-6+. The second-order valence-electron chi connectivity index (χ2n) is 3.17. The molecule has 2 N–H and O–H groups in total. The van der Waals surface area contributed by atoms with Crippen LogP contribution < -0.4 is 4.72 Å².